The van der Waals surface area contributed by atoms with Gasteiger partial charge in [0, 0.05) is 32.2 Å². The highest BCUT2D eigenvalue weighted by molar-refractivity contribution is 7.89. The normalized spacial score (nSPS) is 18.1. The molecule has 0 radical (unpaired) electrons. The van der Waals surface area contributed by atoms with Gasteiger partial charge in [-0.1, -0.05) is 6.92 Å². The van der Waals surface area contributed by atoms with Crippen molar-refractivity contribution >= 4 is 15.9 Å². The summed E-state index contributed by atoms with van der Waals surface area (Å²) in [5.41, 5.74) is 0. The van der Waals surface area contributed by atoms with Gasteiger partial charge >= 0.3 is 0 Å². The van der Waals surface area contributed by atoms with E-state index in [2.05, 4.69) is 5.32 Å². The van der Waals surface area contributed by atoms with Crippen molar-refractivity contribution in [2.75, 3.05) is 32.7 Å². The Balaban J connectivity index is 1.94. The second kappa shape index (κ2) is 8.20. The van der Waals surface area contributed by atoms with Crippen molar-refractivity contribution in [3.05, 3.63) is 29.8 Å². The number of nitrogens with one attached hydrogen (secondary N) is 1. The Morgan fingerprint density at radius 1 is 1.20 bits per heavy atom. The first-order valence-electron chi connectivity index (χ1n) is 8.21. The highest BCUT2D eigenvalue weighted by Crippen LogP contribution is 2.19. The van der Waals surface area contributed by atoms with E-state index in [0.29, 0.717) is 19.2 Å². The van der Waals surface area contributed by atoms with Crippen molar-refractivity contribution in [2.24, 2.45) is 0 Å². The maximum absolute atomic E-state index is 13.3. The summed E-state index contributed by atoms with van der Waals surface area (Å²) >= 11 is 0. The molecule has 1 aliphatic heterocycles. The van der Waals surface area contributed by atoms with E-state index in [9.17, 15) is 22.0 Å². The summed E-state index contributed by atoms with van der Waals surface area (Å²) in [5, 5.41) is 2.87. The van der Waals surface area contributed by atoms with Crippen molar-refractivity contribution in [2.45, 2.75) is 31.2 Å². The summed E-state index contributed by atoms with van der Waals surface area (Å²) in [6, 6.07) is 2.65. The third-order valence-electron chi connectivity index (χ3n) is 4.25. The molecular weight excluding hydrogens is 352 g/mol. The number of halogens is 2. The summed E-state index contributed by atoms with van der Waals surface area (Å²) in [5.74, 6) is -2.37. The Kier molecular flexibility index (Phi) is 6.47. The van der Waals surface area contributed by atoms with Crippen LogP contribution in [0.5, 0.6) is 0 Å². The van der Waals surface area contributed by atoms with Crippen LogP contribution in [0.3, 0.4) is 0 Å². The van der Waals surface area contributed by atoms with E-state index in [-0.39, 0.29) is 36.5 Å². The highest BCUT2D eigenvalue weighted by atomic mass is 32.2. The number of hydrogen-bond donors (Lipinski definition) is 1. The van der Waals surface area contributed by atoms with Crippen LogP contribution < -0.4 is 5.32 Å². The first-order valence-corrected chi connectivity index (χ1v) is 9.65. The van der Waals surface area contributed by atoms with Gasteiger partial charge in [0.15, 0.2) is 11.6 Å². The molecule has 0 aromatic heterocycles. The molecule has 1 amide bonds. The molecule has 1 heterocycles. The zero-order chi connectivity index (χ0) is 18.6. The van der Waals surface area contributed by atoms with E-state index >= 15 is 0 Å². The molecule has 140 valence electrons. The first-order chi connectivity index (χ1) is 11.7. The van der Waals surface area contributed by atoms with Gasteiger partial charge in [0.2, 0.25) is 15.9 Å². The Bertz CT molecular complexity index is 719. The van der Waals surface area contributed by atoms with Crippen molar-refractivity contribution in [3.63, 3.8) is 0 Å². The number of piperazine rings is 1. The van der Waals surface area contributed by atoms with Gasteiger partial charge < -0.3 is 5.32 Å². The molecule has 1 aromatic carbocycles. The van der Waals surface area contributed by atoms with E-state index in [4.69, 9.17) is 0 Å². The number of rotatable bonds is 6. The fourth-order valence-corrected chi connectivity index (χ4v) is 3.97. The van der Waals surface area contributed by atoms with Gasteiger partial charge in [-0.15, -0.1) is 0 Å². The molecule has 0 saturated carbocycles. The second-order valence-electron chi connectivity index (χ2n) is 6.13. The molecule has 0 unspecified atom stereocenters. The van der Waals surface area contributed by atoms with Crippen molar-refractivity contribution < 1.29 is 22.0 Å². The standard InChI is InChI=1S/C16H23F2N3O3S/c1-3-12(2)19-16(22)11-20-6-8-21(9-7-20)25(23,24)13-4-5-14(17)15(18)10-13/h4-5,10,12H,3,6-9,11H2,1-2H3,(H,19,22)/t12-/m1/s1. The van der Waals surface area contributed by atoms with Crippen LogP contribution in [0.25, 0.3) is 0 Å². The third-order valence-corrected chi connectivity index (χ3v) is 6.14. The van der Waals surface area contributed by atoms with Gasteiger partial charge in [0.1, 0.15) is 0 Å². The van der Waals surface area contributed by atoms with Crippen LogP contribution in [0.1, 0.15) is 20.3 Å². The van der Waals surface area contributed by atoms with Crippen LogP contribution in [0.15, 0.2) is 23.1 Å². The molecule has 1 saturated heterocycles. The summed E-state index contributed by atoms with van der Waals surface area (Å²) in [4.78, 5) is 13.5. The number of amides is 1. The number of benzene rings is 1. The molecule has 1 aromatic rings. The van der Waals surface area contributed by atoms with Gasteiger partial charge in [0.25, 0.3) is 0 Å². The molecule has 1 aliphatic rings. The lowest BCUT2D eigenvalue weighted by molar-refractivity contribution is -0.123. The number of nitrogens with zero attached hydrogens (tertiary/aromatic N) is 2. The first kappa shape index (κ1) is 19.7. The fourth-order valence-electron chi connectivity index (χ4n) is 2.54. The largest absolute Gasteiger partial charge is 0.353 e. The monoisotopic (exact) mass is 375 g/mol. The zero-order valence-corrected chi connectivity index (χ0v) is 15.2. The lowest BCUT2D eigenvalue weighted by Gasteiger charge is -2.33. The van der Waals surface area contributed by atoms with Gasteiger partial charge in [-0.05, 0) is 31.5 Å². The average Bonchev–Trinajstić information content (AvgIpc) is 2.57. The summed E-state index contributed by atoms with van der Waals surface area (Å²) in [6.07, 6.45) is 0.839. The topological polar surface area (TPSA) is 69.7 Å². The van der Waals surface area contributed by atoms with Crippen LogP contribution in [0.4, 0.5) is 8.78 Å². The molecule has 0 bridgehead atoms. The molecule has 0 aliphatic carbocycles. The number of carbonyl (C=O) groups excluding carboxylic acids is 1. The summed E-state index contributed by atoms with van der Waals surface area (Å²) in [6.45, 7) is 5.30. The molecular formula is C16H23F2N3O3S. The van der Waals surface area contributed by atoms with Crippen molar-refractivity contribution in [1.82, 2.24) is 14.5 Å². The van der Waals surface area contributed by atoms with Gasteiger partial charge in [0.05, 0.1) is 11.4 Å². The molecule has 1 N–H and O–H groups in total. The molecule has 0 spiro atoms. The van der Waals surface area contributed by atoms with Crippen LogP contribution >= 0.6 is 0 Å². The smallest absolute Gasteiger partial charge is 0.243 e. The Labute approximate surface area is 146 Å². The molecule has 25 heavy (non-hydrogen) atoms. The third kappa shape index (κ3) is 4.96. The molecule has 6 nitrogen and oxygen atoms in total. The minimum atomic E-state index is -3.88. The minimum Gasteiger partial charge on any atom is -0.353 e. The van der Waals surface area contributed by atoms with Crippen LogP contribution in [-0.4, -0.2) is 62.3 Å². The number of hydrogen-bond acceptors (Lipinski definition) is 4. The van der Waals surface area contributed by atoms with Crippen LogP contribution in [0, 0.1) is 11.6 Å². The van der Waals surface area contributed by atoms with E-state index in [1.165, 1.54) is 4.31 Å². The van der Waals surface area contributed by atoms with E-state index in [0.717, 1.165) is 18.6 Å². The lowest BCUT2D eigenvalue weighted by atomic mass is 10.2. The Morgan fingerprint density at radius 2 is 1.84 bits per heavy atom. The van der Waals surface area contributed by atoms with Gasteiger partial charge in [-0.3, -0.25) is 9.69 Å². The maximum atomic E-state index is 13.3. The Morgan fingerprint density at radius 3 is 2.40 bits per heavy atom. The summed E-state index contributed by atoms with van der Waals surface area (Å²) < 4.78 is 52.5. The lowest BCUT2D eigenvalue weighted by Crippen LogP contribution is -2.51. The van der Waals surface area contributed by atoms with Crippen LogP contribution in [-0.2, 0) is 14.8 Å². The molecule has 1 fully saturated rings. The predicted molar refractivity (Wildman–Crippen MR) is 89.5 cm³/mol. The quantitative estimate of drug-likeness (QED) is 0.811. The van der Waals surface area contributed by atoms with Crippen LogP contribution in [0.2, 0.25) is 0 Å². The minimum absolute atomic E-state index is 0.0914. The second-order valence-corrected chi connectivity index (χ2v) is 8.07. The van der Waals surface area contributed by atoms with E-state index < -0.39 is 21.7 Å². The number of carbonyl (C=O) groups is 1. The van der Waals surface area contributed by atoms with E-state index in [1.54, 1.807) is 0 Å². The summed E-state index contributed by atoms with van der Waals surface area (Å²) in [7, 11) is -3.88. The molecule has 2 rings (SSSR count). The highest BCUT2D eigenvalue weighted by Gasteiger charge is 2.29. The fraction of sp³-hybridized carbons (Fsp3) is 0.562. The molecule has 9 heteroatoms. The van der Waals surface area contributed by atoms with Crippen molar-refractivity contribution in [1.29, 1.82) is 0 Å². The SMILES string of the molecule is CC[C@@H](C)NC(=O)CN1CCN(S(=O)(=O)c2ccc(F)c(F)c2)CC1. The van der Waals surface area contributed by atoms with E-state index in [1.807, 2.05) is 18.7 Å². The zero-order valence-electron chi connectivity index (χ0n) is 14.3. The van der Waals surface area contributed by atoms with Crippen molar-refractivity contribution in [3.8, 4) is 0 Å². The predicted octanol–water partition coefficient (Wildman–Crippen LogP) is 1.19. The average molecular weight is 375 g/mol. The van der Waals surface area contributed by atoms with Gasteiger partial charge in [-0.2, -0.15) is 4.31 Å². The van der Waals surface area contributed by atoms with Gasteiger partial charge in [-0.25, -0.2) is 17.2 Å². The Hall–Kier alpha value is -1.58. The maximum Gasteiger partial charge on any atom is 0.243 e. The molecule has 1 atom stereocenters. The number of sulfonamides is 1.